The average molecular weight is 325 g/mol. The lowest BCUT2D eigenvalue weighted by Crippen LogP contribution is -2.32. The van der Waals surface area contributed by atoms with E-state index in [1.54, 1.807) is 7.11 Å². The van der Waals surface area contributed by atoms with Gasteiger partial charge in [-0.1, -0.05) is 30.7 Å². The summed E-state index contributed by atoms with van der Waals surface area (Å²) < 4.78 is 5.38. The molecular formula is C20H27N3O. The SMILES string of the molecule is COc1cc(-c2ccc(C(C)N3CCCCC3)cc2)c(N)nc1C. The molecule has 1 aliphatic heterocycles. The molecule has 0 saturated carbocycles. The fraction of sp³-hybridized carbons (Fsp3) is 0.450. The van der Waals surface area contributed by atoms with Crippen LogP contribution in [0.3, 0.4) is 0 Å². The van der Waals surface area contributed by atoms with Gasteiger partial charge in [-0.25, -0.2) is 4.98 Å². The van der Waals surface area contributed by atoms with Gasteiger partial charge in [0, 0.05) is 11.6 Å². The number of aromatic nitrogens is 1. The molecular weight excluding hydrogens is 298 g/mol. The molecule has 2 N–H and O–H groups in total. The van der Waals surface area contributed by atoms with Gasteiger partial charge in [0.15, 0.2) is 0 Å². The zero-order chi connectivity index (χ0) is 17.1. The van der Waals surface area contributed by atoms with Crippen molar-refractivity contribution in [1.82, 2.24) is 9.88 Å². The van der Waals surface area contributed by atoms with Crippen LogP contribution >= 0.6 is 0 Å². The highest BCUT2D eigenvalue weighted by Crippen LogP contribution is 2.32. The van der Waals surface area contributed by atoms with Gasteiger partial charge in [0.2, 0.25) is 0 Å². The molecule has 1 unspecified atom stereocenters. The minimum absolute atomic E-state index is 0.461. The molecule has 2 heterocycles. The van der Waals surface area contributed by atoms with E-state index >= 15 is 0 Å². The maximum Gasteiger partial charge on any atom is 0.140 e. The maximum absolute atomic E-state index is 6.12. The first-order valence-electron chi connectivity index (χ1n) is 8.75. The first-order chi connectivity index (χ1) is 11.6. The number of piperidine rings is 1. The number of aryl methyl sites for hydroxylation is 1. The Morgan fingerprint density at radius 3 is 2.42 bits per heavy atom. The lowest BCUT2D eigenvalue weighted by atomic mass is 9.99. The summed E-state index contributed by atoms with van der Waals surface area (Å²) in [6.45, 7) is 6.61. The third-order valence-electron chi connectivity index (χ3n) is 5.06. The van der Waals surface area contributed by atoms with Crippen molar-refractivity contribution in [1.29, 1.82) is 0 Å². The van der Waals surface area contributed by atoms with Crippen LogP contribution < -0.4 is 10.5 Å². The minimum Gasteiger partial charge on any atom is -0.495 e. The molecule has 1 atom stereocenters. The van der Waals surface area contributed by atoms with Crippen LogP contribution in [0.25, 0.3) is 11.1 Å². The molecule has 3 rings (SSSR count). The van der Waals surface area contributed by atoms with Crippen molar-refractivity contribution in [2.45, 2.75) is 39.2 Å². The smallest absolute Gasteiger partial charge is 0.140 e. The van der Waals surface area contributed by atoms with Crippen LogP contribution in [0, 0.1) is 6.92 Å². The Balaban J connectivity index is 1.84. The number of nitrogens with zero attached hydrogens (tertiary/aromatic N) is 2. The van der Waals surface area contributed by atoms with Crippen molar-refractivity contribution in [3.8, 4) is 16.9 Å². The molecule has 1 saturated heterocycles. The third kappa shape index (κ3) is 3.39. The number of hydrogen-bond acceptors (Lipinski definition) is 4. The zero-order valence-electron chi connectivity index (χ0n) is 14.9. The van der Waals surface area contributed by atoms with Crippen molar-refractivity contribution in [3.63, 3.8) is 0 Å². The molecule has 0 aliphatic carbocycles. The summed E-state index contributed by atoms with van der Waals surface area (Å²) in [5, 5.41) is 0. The Labute approximate surface area is 144 Å². The lowest BCUT2D eigenvalue weighted by molar-refractivity contribution is 0.175. The second kappa shape index (κ2) is 7.22. The van der Waals surface area contributed by atoms with Gasteiger partial charge in [-0.05, 0) is 57.0 Å². The van der Waals surface area contributed by atoms with Crippen molar-refractivity contribution < 1.29 is 4.74 Å². The number of benzene rings is 1. The van der Waals surface area contributed by atoms with Gasteiger partial charge >= 0.3 is 0 Å². The maximum atomic E-state index is 6.12. The second-order valence-electron chi connectivity index (χ2n) is 6.60. The van der Waals surface area contributed by atoms with E-state index in [0.29, 0.717) is 11.9 Å². The summed E-state index contributed by atoms with van der Waals surface area (Å²) in [5.74, 6) is 1.31. The van der Waals surface area contributed by atoms with Crippen molar-refractivity contribution in [2.75, 3.05) is 25.9 Å². The Hall–Kier alpha value is -2.07. The normalized spacial score (nSPS) is 16.8. The highest BCUT2D eigenvalue weighted by atomic mass is 16.5. The largest absolute Gasteiger partial charge is 0.495 e. The summed E-state index contributed by atoms with van der Waals surface area (Å²) in [5.41, 5.74) is 10.3. The van der Waals surface area contributed by atoms with E-state index in [-0.39, 0.29) is 0 Å². The van der Waals surface area contributed by atoms with Crippen LogP contribution in [-0.4, -0.2) is 30.1 Å². The number of likely N-dealkylation sites (tertiary alicyclic amines) is 1. The molecule has 128 valence electrons. The summed E-state index contributed by atoms with van der Waals surface area (Å²) in [6.07, 6.45) is 3.99. The van der Waals surface area contributed by atoms with E-state index in [2.05, 4.69) is 41.1 Å². The standard InChI is InChI=1S/C20H27N3O/c1-14-19(24-3)13-18(20(21)22-14)17-9-7-16(8-10-17)15(2)23-11-5-4-6-12-23/h7-10,13,15H,4-6,11-12H2,1-3H3,(H2,21,22). The monoisotopic (exact) mass is 325 g/mol. The van der Waals surface area contributed by atoms with Gasteiger partial charge < -0.3 is 10.5 Å². The number of anilines is 1. The number of nitrogen functional groups attached to an aromatic ring is 1. The molecule has 1 aromatic carbocycles. The Kier molecular flexibility index (Phi) is 5.05. The van der Waals surface area contributed by atoms with E-state index < -0.39 is 0 Å². The number of rotatable bonds is 4. The fourth-order valence-electron chi connectivity index (χ4n) is 3.50. The molecule has 0 bridgehead atoms. The molecule has 1 aliphatic rings. The molecule has 1 aromatic heterocycles. The first kappa shape index (κ1) is 16.8. The molecule has 0 spiro atoms. The van der Waals surface area contributed by atoms with Crippen molar-refractivity contribution >= 4 is 5.82 Å². The fourth-order valence-corrected chi connectivity index (χ4v) is 3.50. The van der Waals surface area contributed by atoms with Crippen LogP contribution in [0.4, 0.5) is 5.82 Å². The van der Waals surface area contributed by atoms with Crippen LogP contribution in [0.15, 0.2) is 30.3 Å². The number of hydrogen-bond donors (Lipinski definition) is 1. The van der Waals surface area contributed by atoms with Crippen LogP contribution in [0.5, 0.6) is 5.75 Å². The Morgan fingerprint density at radius 2 is 1.79 bits per heavy atom. The molecule has 4 nitrogen and oxygen atoms in total. The Morgan fingerprint density at radius 1 is 1.12 bits per heavy atom. The number of nitrogens with two attached hydrogens (primary N) is 1. The van der Waals surface area contributed by atoms with Crippen LogP contribution in [0.1, 0.15) is 43.5 Å². The van der Waals surface area contributed by atoms with E-state index in [1.165, 1.54) is 37.9 Å². The van der Waals surface area contributed by atoms with Crippen molar-refractivity contribution in [2.24, 2.45) is 0 Å². The Bertz CT molecular complexity index is 691. The number of pyridine rings is 1. The van der Waals surface area contributed by atoms with Gasteiger partial charge in [0.25, 0.3) is 0 Å². The van der Waals surface area contributed by atoms with E-state index in [9.17, 15) is 0 Å². The molecule has 4 heteroatoms. The molecule has 24 heavy (non-hydrogen) atoms. The van der Waals surface area contributed by atoms with E-state index in [4.69, 9.17) is 10.5 Å². The number of ether oxygens (including phenoxy) is 1. The molecule has 2 aromatic rings. The molecule has 0 amide bonds. The van der Waals surface area contributed by atoms with Gasteiger partial charge in [0.1, 0.15) is 11.6 Å². The molecule has 0 radical (unpaired) electrons. The predicted octanol–water partition coefficient (Wildman–Crippen LogP) is 4.19. The predicted molar refractivity (Wildman–Crippen MR) is 99.2 cm³/mol. The summed E-state index contributed by atoms with van der Waals surface area (Å²) >= 11 is 0. The second-order valence-corrected chi connectivity index (χ2v) is 6.60. The quantitative estimate of drug-likeness (QED) is 0.915. The lowest BCUT2D eigenvalue weighted by Gasteiger charge is -2.32. The van der Waals surface area contributed by atoms with Gasteiger partial charge in [-0.2, -0.15) is 0 Å². The number of methoxy groups -OCH3 is 1. The van der Waals surface area contributed by atoms with E-state index in [0.717, 1.165) is 22.6 Å². The topological polar surface area (TPSA) is 51.4 Å². The zero-order valence-corrected chi connectivity index (χ0v) is 14.9. The molecule has 1 fully saturated rings. The van der Waals surface area contributed by atoms with Crippen LogP contribution in [0.2, 0.25) is 0 Å². The summed E-state index contributed by atoms with van der Waals surface area (Å²) in [6, 6.07) is 11.1. The first-order valence-corrected chi connectivity index (χ1v) is 8.75. The average Bonchev–Trinajstić information content (AvgIpc) is 2.62. The summed E-state index contributed by atoms with van der Waals surface area (Å²) in [4.78, 5) is 6.97. The van der Waals surface area contributed by atoms with Gasteiger partial charge in [-0.15, -0.1) is 0 Å². The summed E-state index contributed by atoms with van der Waals surface area (Å²) in [7, 11) is 1.66. The minimum atomic E-state index is 0.461. The highest BCUT2D eigenvalue weighted by molar-refractivity contribution is 5.75. The van der Waals surface area contributed by atoms with E-state index in [1.807, 2.05) is 13.0 Å². The third-order valence-corrected chi connectivity index (χ3v) is 5.06. The van der Waals surface area contributed by atoms with Crippen LogP contribution in [-0.2, 0) is 0 Å². The van der Waals surface area contributed by atoms with Gasteiger partial charge in [0.05, 0.1) is 12.8 Å². The van der Waals surface area contributed by atoms with Gasteiger partial charge in [-0.3, -0.25) is 4.90 Å². The highest BCUT2D eigenvalue weighted by Gasteiger charge is 2.18. The van der Waals surface area contributed by atoms with Crippen molar-refractivity contribution in [3.05, 3.63) is 41.6 Å².